The Bertz CT molecular complexity index is 533. The fraction of sp³-hybridized carbons (Fsp3) is 0.412. The first-order valence-electron chi connectivity index (χ1n) is 6.49. The van der Waals surface area contributed by atoms with Gasteiger partial charge in [0.2, 0.25) is 0 Å². The largest absolute Gasteiger partial charge is 1.00 e. The summed E-state index contributed by atoms with van der Waals surface area (Å²) in [5.41, 5.74) is 5.82. The summed E-state index contributed by atoms with van der Waals surface area (Å²) in [6, 6.07) is 4.56. The molecule has 0 aliphatic heterocycles. The van der Waals surface area contributed by atoms with Crippen molar-refractivity contribution >= 4 is 0 Å². The van der Waals surface area contributed by atoms with E-state index in [2.05, 4.69) is 91.5 Å². The molecule has 0 saturated heterocycles. The van der Waals surface area contributed by atoms with Crippen molar-refractivity contribution in [2.75, 3.05) is 0 Å². The van der Waals surface area contributed by atoms with Gasteiger partial charge in [-0.15, -0.1) is 0 Å². The molecule has 0 atom stereocenters. The molecule has 0 N–H and O–H groups in total. The molecular formula is C17H21Cl3Ti. The van der Waals surface area contributed by atoms with Gasteiger partial charge in [-0.1, -0.05) is 0 Å². The SMILES string of the molecule is Cc1ccc(C(C)(C)[C]2([Ti+3])C=CC=C2)c(C)c1C.[Cl-].[Cl-].[Cl-]. The Morgan fingerprint density at radius 2 is 1.33 bits per heavy atom. The average molecular weight is 380 g/mol. The zero-order valence-corrected chi connectivity index (χ0v) is 16.9. The quantitative estimate of drug-likeness (QED) is 0.457. The summed E-state index contributed by atoms with van der Waals surface area (Å²) in [5, 5.41) is 0. The van der Waals surface area contributed by atoms with Crippen molar-refractivity contribution in [3.63, 3.8) is 0 Å². The molecule has 1 aliphatic carbocycles. The monoisotopic (exact) mass is 378 g/mol. The van der Waals surface area contributed by atoms with E-state index in [0.717, 1.165) is 0 Å². The number of hydrogen-bond donors (Lipinski definition) is 0. The summed E-state index contributed by atoms with van der Waals surface area (Å²) in [7, 11) is 0. The van der Waals surface area contributed by atoms with Crippen LogP contribution in [0.25, 0.3) is 0 Å². The van der Waals surface area contributed by atoms with Gasteiger partial charge in [-0.3, -0.25) is 0 Å². The number of benzene rings is 1. The standard InChI is InChI=1S/C17H21.3ClH.Ti/c1-12-10-11-16(14(3)13(12)2)17(4,5)15-8-6-7-9-15;;;;/h6-11H,1-5H3;3*1H;/q;;;;+3/p-3. The maximum Gasteiger partial charge on any atom is -1.00 e. The van der Waals surface area contributed by atoms with Crippen LogP contribution in [-0.4, -0.2) is 0 Å². The smallest absolute Gasteiger partial charge is 1.00 e. The molecular weight excluding hydrogens is 358 g/mol. The Morgan fingerprint density at radius 1 is 0.857 bits per heavy atom. The van der Waals surface area contributed by atoms with E-state index >= 15 is 0 Å². The van der Waals surface area contributed by atoms with E-state index in [1.807, 2.05) is 0 Å². The van der Waals surface area contributed by atoms with Gasteiger partial charge < -0.3 is 37.2 Å². The summed E-state index contributed by atoms with van der Waals surface area (Å²) < 4.78 is 0.111. The van der Waals surface area contributed by atoms with Crippen LogP contribution in [0.15, 0.2) is 36.4 Å². The van der Waals surface area contributed by atoms with Crippen molar-refractivity contribution in [2.24, 2.45) is 0 Å². The number of rotatable bonds is 2. The normalized spacial score (nSPS) is 15.0. The first kappa shape index (κ1) is 23.5. The molecule has 4 heteroatoms. The van der Waals surface area contributed by atoms with Gasteiger partial charge in [0.15, 0.2) is 0 Å². The Kier molecular flexibility index (Phi) is 9.22. The van der Waals surface area contributed by atoms with Crippen molar-refractivity contribution in [3.05, 3.63) is 58.7 Å². The van der Waals surface area contributed by atoms with Crippen molar-refractivity contribution < 1.29 is 57.7 Å². The topological polar surface area (TPSA) is 0 Å². The van der Waals surface area contributed by atoms with Crippen LogP contribution in [0.1, 0.15) is 36.1 Å². The molecule has 0 spiro atoms. The average Bonchev–Trinajstić information content (AvgIpc) is 2.74. The minimum atomic E-state index is 0. The first-order chi connectivity index (χ1) is 8.29. The van der Waals surface area contributed by atoms with Crippen LogP contribution in [0.3, 0.4) is 0 Å². The number of allylic oxidation sites excluding steroid dienone is 4. The van der Waals surface area contributed by atoms with Gasteiger partial charge in [-0.2, -0.15) is 0 Å². The van der Waals surface area contributed by atoms with Crippen LogP contribution in [0, 0.1) is 20.8 Å². The molecule has 0 amide bonds. The summed E-state index contributed by atoms with van der Waals surface area (Å²) in [6.45, 7) is 11.4. The van der Waals surface area contributed by atoms with Crippen LogP contribution < -0.4 is 37.2 Å². The van der Waals surface area contributed by atoms with Crippen LogP contribution in [0.4, 0.5) is 0 Å². The van der Waals surface area contributed by atoms with Gasteiger partial charge in [0.05, 0.1) is 0 Å². The summed E-state index contributed by atoms with van der Waals surface area (Å²) in [5.74, 6) is 0. The predicted octanol–water partition coefficient (Wildman–Crippen LogP) is -4.27. The number of hydrogen-bond acceptors (Lipinski definition) is 0. The van der Waals surface area contributed by atoms with Crippen molar-refractivity contribution in [2.45, 2.75) is 43.8 Å². The predicted molar refractivity (Wildman–Crippen MR) is 74.7 cm³/mol. The molecule has 0 nitrogen and oxygen atoms in total. The minimum absolute atomic E-state index is 0. The third-order valence-corrected chi connectivity index (χ3v) is 6.09. The van der Waals surface area contributed by atoms with E-state index in [-0.39, 0.29) is 46.4 Å². The molecule has 0 unspecified atom stereocenters. The van der Waals surface area contributed by atoms with Crippen LogP contribution in [0.5, 0.6) is 0 Å². The molecule has 0 radical (unpaired) electrons. The second-order valence-corrected chi connectivity index (χ2v) is 7.18. The summed E-state index contributed by atoms with van der Waals surface area (Å²) in [4.78, 5) is 0. The second kappa shape index (κ2) is 8.22. The van der Waals surface area contributed by atoms with Gasteiger partial charge in [-0.25, -0.2) is 0 Å². The van der Waals surface area contributed by atoms with Gasteiger partial charge in [-0.05, 0) is 0 Å². The van der Waals surface area contributed by atoms with Gasteiger partial charge in [0, 0.05) is 0 Å². The zero-order chi connectivity index (χ0) is 13.6. The molecule has 0 bridgehead atoms. The van der Waals surface area contributed by atoms with Crippen molar-refractivity contribution in [1.82, 2.24) is 0 Å². The third-order valence-electron chi connectivity index (χ3n) is 4.59. The van der Waals surface area contributed by atoms with E-state index < -0.39 is 0 Å². The van der Waals surface area contributed by atoms with Crippen molar-refractivity contribution in [3.8, 4) is 0 Å². The molecule has 21 heavy (non-hydrogen) atoms. The van der Waals surface area contributed by atoms with Gasteiger partial charge >= 0.3 is 123 Å². The van der Waals surface area contributed by atoms with Crippen LogP contribution in [-0.2, 0) is 25.9 Å². The zero-order valence-electron chi connectivity index (χ0n) is 13.1. The second-order valence-electron chi connectivity index (χ2n) is 5.89. The van der Waals surface area contributed by atoms with E-state index in [9.17, 15) is 0 Å². The summed E-state index contributed by atoms with van der Waals surface area (Å²) in [6.07, 6.45) is 8.97. The minimum Gasteiger partial charge on any atom is -1.00 e. The molecule has 1 aromatic carbocycles. The van der Waals surface area contributed by atoms with Gasteiger partial charge in [0.25, 0.3) is 0 Å². The Labute approximate surface area is 159 Å². The molecule has 1 aliphatic rings. The fourth-order valence-electron chi connectivity index (χ4n) is 2.74. The number of halogens is 3. The van der Waals surface area contributed by atoms with Crippen LogP contribution in [0.2, 0.25) is 3.72 Å². The Hall–Kier alpha value is 0.284. The maximum atomic E-state index is 2.35. The molecule has 0 saturated carbocycles. The van der Waals surface area contributed by atoms with E-state index in [0.29, 0.717) is 0 Å². The van der Waals surface area contributed by atoms with E-state index in [1.165, 1.54) is 22.3 Å². The molecule has 2 rings (SSSR count). The molecule has 0 heterocycles. The Morgan fingerprint density at radius 3 is 1.81 bits per heavy atom. The van der Waals surface area contributed by atoms with Gasteiger partial charge in [0.1, 0.15) is 0 Å². The van der Waals surface area contributed by atoms with E-state index in [1.54, 1.807) is 0 Å². The molecule has 0 aromatic heterocycles. The van der Waals surface area contributed by atoms with E-state index in [4.69, 9.17) is 0 Å². The summed E-state index contributed by atoms with van der Waals surface area (Å²) >= 11 is 2.32. The van der Waals surface area contributed by atoms with Crippen molar-refractivity contribution in [1.29, 1.82) is 0 Å². The fourth-order valence-corrected chi connectivity index (χ4v) is 3.25. The molecule has 1 aromatic rings. The molecule has 114 valence electrons. The molecule has 0 fully saturated rings. The third kappa shape index (κ3) is 3.98. The van der Waals surface area contributed by atoms with Crippen LogP contribution >= 0.6 is 0 Å². The Balaban J connectivity index is 0. The first-order valence-corrected chi connectivity index (χ1v) is 7.27. The number of aryl methyl sites for hydroxylation is 1. The maximum absolute atomic E-state index is 2.35.